The van der Waals surface area contributed by atoms with Gasteiger partial charge in [0.2, 0.25) is 0 Å². The van der Waals surface area contributed by atoms with Crippen molar-refractivity contribution in [2.45, 2.75) is 19.6 Å². The van der Waals surface area contributed by atoms with Crippen LogP contribution in [0.5, 0.6) is 0 Å². The maximum atomic E-state index is 6.10. The Balaban J connectivity index is 2.56. The quantitative estimate of drug-likeness (QED) is 0.568. The molecular formula is C14H16N2Si. The summed E-state index contributed by atoms with van der Waals surface area (Å²) in [6.07, 6.45) is 1.83. The average Bonchev–Trinajstić information content (AvgIpc) is 2.27. The zero-order valence-corrected chi connectivity index (χ0v) is 11.4. The molecule has 0 aliphatic rings. The molecule has 17 heavy (non-hydrogen) atoms. The van der Waals surface area contributed by atoms with Gasteiger partial charge < -0.3 is 5.73 Å². The maximum absolute atomic E-state index is 6.10. The Bertz CT molecular complexity index is 615. The molecule has 3 heteroatoms. The van der Waals surface area contributed by atoms with Crippen molar-refractivity contribution in [1.82, 2.24) is 4.98 Å². The third kappa shape index (κ3) is 2.66. The first-order chi connectivity index (χ1) is 7.97. The zero-order valence-electron chi connectivity index (χ0n) is 10.4. The monoisotopic (exact) mass is 240 g/mol. The minimum atomic E-state index is -1.39. The largest absolute Gasteiger partial charge is 0.396 e. The molecule has 2 nitrogen and oxygen atoms in total. The first kappa shape index (κ1) is 11.7. The minimum Gasteiger partial charge on any atom is -0.396 e. The highest BCUT2D eigenvalue weighted by molar-refractivity contribution is 6.83. The van der Waals surface area contributed by atoms with Gasteiger partial charge in [-0.15, -0.1) is 5.54 Å². The predicted octanol–water partition coefficient (Wildman–Crippen LogP) is 3.05. The first-order valence-electron chi connectivity index (χ1n) is 5.64. The first-order valence-corrected chi connectivity index (χ1v) is 9.14. The highest BCUT2D eigenvalue weighted by Gasteiger charge is 2.09. The smallest absolute Gasteiger partial charge is 0.136 e. The molecule has 1 aromatic heterocycles. The lowest BCUT2D eigenvalue weighted by atomic mass is 10.1. The molecule has 2 rings (SSSR count). The Kier molecular flexibility index (Phi) is 2.91. The van der Waals surface area contributed by atoms with Crippen molar-refractivity contribution in [1.29, 1.82) is 0 Å². The molecule has 1 heterocycles. The third-order valence-corrected chi connectivity index (χ3v) is 3.27. The Hall–Kier alpha value is -1.79. The van der Waals surface area contributed by atoms with Gasteiger partial charge in [0.15, 0.2) is 0 Å². The van der Waals surface area contributed by atoms with Gasteiger partial charge >= 0.3 is 0 Å². The lowest BCUT2D eigenvalue weighted by Crippen LogP contribution is -2.16. The van der Waals surface area contributed by atoms with Crippen LogP contribution in [-0.4, -0.2) is 13.1 Å². The number of nitrogens with two attached hydrogens (primary N) is 1. The second-order valence-corrected chi connectivity index (χ2v) is 9.86. The van der Waals surface area contributed by atoms with Gasteiger partial charge in [-0.3, -0.25) is 0 Å². The molecule has 0 amide bonds. The molecule has 0 saturated heterocycles. The Labute approximate surface area is 103 Å². The van der Waals surface area contributed by atoms with Gasteiger partial charge in [-0.05, 0) is 0 Å². The van der Waals surface area contributed by atoms with Gasteiger partial charge in [-0.1, -0.05) is 49.8 Å². The van der Waals surface area contributed by atoms with Gasteiger partial charge in [0.25, 0.3) is 0 Å². The average molecular weight is 240 g/mol. The number of nitrogen functional groups attached to an aromatic ring is 1. The van der Waals surface area contributed by atoms with E-state index in [9.17, 15) is 0 Å². The molecule has 0 atom stereocenters. The van der Waals surface area contributed by atoms with Crippen LogP contribution >= 0.6 is 0 Å². The summed E-state index contributed by atoms with van der Waals surface area (Å²) in [5, 5.41) is 2.09. The maximum Gasteiger partial charge on any atom is 0.136 e. The van der Waals surface area contributed by atoms with Crippen molar-refractivity contribution in [3.63, 3.8) is 0 Å². The number of fused-ring (bicyclic) bond motifs is 1. The second kappa shape index (κ2) is 4.23. The minimum absolute atomic E-state index is 0.689. The normalized spacial score (nSPS) is 11.0. The summed E-state index contributed by atoms with van der Waals surface area (Å²) < 4.78 is 0. The zero-order chi connectivity index (χ0) is 12.5. The summed E-state index contributed by atoms with van der Waals surface area (Å²) in [4.78, 5) is 4.33. The van der Waals surface area contributed by atoms with Crippen LogP contribution in [-0.2, 0) is 0 Å². The molecule has 0 spiro atoms. The molecule has 0 bridgehead atoms. The number of benzene rings is 1. The van der Waals surface area contributed by atoms with E-state index in [4.69, 9.17) is 5.73 Å². The van der Waals surface area contributed by atoms with Crippen LogP contribution < -0.4 is 5.73 Å². The Morgan fingerprint density at radius 1 is 1.18 bits per heavy atom. The summed E-state index contributed by atoms with van der Waals surface area (Å²) >= 11 is 0. The molecule has 0 fully saturated rings. The van der Waals surface area contributed by atoms with Crippen molar-refractivity contribution >= 4 is 24.5 Å². The number of rotatable bonds is 0. The van der Waals surface area contributed by atoms with Gasteiger partial charge in [-0.2, -0.15) is 0 Å². The van der Waals surface area contributed by atoms with Crippen LogP contribution in [0.15, 0.2) is 30.5 Å². The summed E-state index contributed by atoms with van der Waals surface area (Å²) in [6.45, 7) is 6.62. The van der Waals surface area contributed by atoms with Crippen LogP contribution in [0.1, 0.15) is 5.69 Å². The molecule has 1 aromatic carbocycles. The summed E-state index contributed by atoms with van der Waals surface area (Å²) in [6, 6.07) is 7.98. The SMILES string of the molecule is C[Si](C)(C)C#Cc1ncc2ccccc2c1N. The summed E-state index contributed by atoms with van der Waals surface area (Å²) in [5.74, 6) is 3.12. The van der Waals surface area contributed by atoms with E-state index in [1.54, 1.807) is 0 Å². The number of hydrogen-bond acceptors (Lipinski definition) is 2. The van der Waals surface area contributed by atoms with Gasteiger partial charge in [0, 0.05) is 17.0 Å². The molecule has 0 aliphatic heterocycles. The number of aromatic nitrogens is 1. The van der Waals surface area contributed by atoms with Crippen LogP contribution in [0.2, 0.25) is 19.6 Å². The van der Waals surface area contributed by atoms with E-state index >= 15 is 0 Å². The highest BCUT2D eigenvalue weighted by Crippen LogP contribution is 2.21. The number of anilines is 1. The van der Waals surface area contributed by atoms with E-state index in [0.29, 0.717) is 11.4 Å². The van der Waals surface area contributed by atoms with Crippen molar-refractivity contribution in [3.05, 3.63) is 36.2 Å². The van der Waals surface area contributed by atoms with Gasteiger partial charge in [0.1, 0.15) is 13.8 Å². The van der Waals surface area contributed by atoms with Crippen LogP contribution in [0.25, 0.3) is 10.8 Å². The topological polar surface area (TPSA) is 38.9 Å². The highest BCUT2D eigenvalue weighted by atomic mass is 28.3. The molecule has 0 radical (unpaired) electrons. The van der Waals surface area contributed by atoms with E-state index in [-0.39, 0.29) is 0 Å². The number of nitrogens with zero attached hydrogens (tertiary/aromatic N) is 1. The summed E-state index contributed by atoms with van der Waals surface area (Å²) in [5.41, 5.74) is 10.8. The lowest BCUT2D eigenvalue weighted by Gasteiger charge is -2.05. The van der Waals surface area contributed by atoms with Gasteiger partial charge in [0.05, 0.1) is 5.69 Å². The Morgan fingerprint density at radius 2 is 1.88 bits per heavy atom. The Morgan fingerprint density at radius 3 is 2.59 bits per heavy atom. The van der Waals surface area contributed by atoms with E-state index < -0.39 is 8.07 Å². The van der Waals surface area contributed by atoms with Crippen molar-refractivity contribution in [2.75, 3.05) is 5.73 Å². The number of pyridine rings is 1. The van der Waals surface area contributed by atoms with Crippen LogP contribution in [0.3, 0.4) is 0 Å². The van der Waals surface area contributed by atoms with E-state index in [2.05, 4.69) is 36.1 Å². The van der Waals surface area contributed by atoms with Crippen molar-refractivity contribution < 1.29 is 0 Å². The van der Waals surface area contributed by atoms with Crippen LogP contribution in [0.4, 0.5) is 5.69 Å². The van der Waals surface area contributed by atoms with Gasteiger partial charge in [-0.25, -0.2) is 4.98 Å². The molecular weight excluding hydrogens is 224 g/mol. The lowest BCUT2D eigenvalue weighted by molar-refractivity contribution is 1.32. The standard InChI is InChI=1S/C14H16N2Si/c1-17(2,3)9-8-13-14(15)12-7-5-4-6-11(12)10-16-13/h4-7,10H,15H2,1-3H3. The fourth-order valence-corrected chi connectivity index (χ4v) is 2.03. The summed E-state index contributed by atoms with van der Waals surface area (Å²) in [7, 11) is -1.39. The van der Waals surface area contributed by atoms with E-state index in [1.807, 2.05) is 30.5 Å². The van der Waals surface area contributed by atoms with E-state index in [0.717, 1.165) is 10.8 Å². The molecule has 2 N–H and O–H groups in total. The molecule has 0 unspecified atom stereocenters. The van der Waals surface area contributed by atoms with Crippen molar-refractivity contribution in [2.24, 2.45) is 0 Å². The molecule has 2 aromatic rings. The third-order valence-electron chi connectivity index (χ3n) is 2.39. The van der Waals surface area contributed by atoms with Crippen LogP contribution in [0, 0.1) is 11.5 Å². The number of hydrogen-bond donors (Lipinski definition) is 1. The molecule has 0 aliphatic carbocycles. The van der Waals surface area contributed by atoms with E-state index in [1.165, 1.54) is 0 Å². The fourth-order valence-electron chi connectivity index (χ4n) is 1.53. The molecule has 0 saturated carbocycles. The predicted molar refractivity (Wildman–Crippen MR) is 76.4 cm³/mol. The fraction of sp³-hybridized carbons (Fsp3) is 0.214. The van der Waals surface area contributed by atoms with Crippen molar-refractivity contribution in [3.8, 4) is 11.5 Å². The second-order valence-electron chi connectivity index (χ2n) is 5.11. The molecule has 86 valence electrons.